The molecule has 0 bridgehead atoms. The Morgan fingerprint density at radius 2 is 1.96 bits per heavy atom. The molecule has 1 heterocycles. The average molecular weight is 407 g/mol. The Labute approximate surface area is 166 Å². The van der Waals surface area contributed by atoms with Crippen molar-refractivity contribution in [2.45, 2.75) is 20.0 Å². The van der Waals surface area contributed by atoms with Crippen LogP contribution < -0.4 is 9.47 Å². The highest BCUT2D eigenvalue weighted by Crippen LogP contribution is 2.35. The van der Waals surface area contributed by atoms with E-state index in [1.165, 1.54) is 0 Å². The molecule has 1 atom stereocenters. The fourth-order valence-corrected chi connectivity index (χ4v) is 2.81. The third-order valence-corrected chi connectivity index (χ3v) is 4.55. The van der Waals surface area contributed by atoms with Crippen LogP contribution in [-0.4, -0.2) is 24.5 Å². The maximum Gasteiger partial charge on any atom is 0.347 e. The Bertz CT molecular complexity index is 936. The molecule has 2 aromatic carbocycles. The minimum absolute atomic E-state index is 0.166. The van der Waals surface area contributed by atoms with Crippen molar-refractivity contribution in [3.8, 4) is 11.5 Å². The van der Waals surface area contributed by atoms with Crippen molar-refractivity contribution in [1.29, 1.82) is 0 Å². The van der Waals surface area contributed by atoms with Gasteiger partial charge in [-0.15, -0.1) is 0 Å². The zero-order valence-corrected chi connectivity index (χ0v) is 16.1. The van der Waals surface area contributed by atoms with Gasteiger partial charge in [-0.2, -0.15) is 0 Å². The summed E-state index contributed by atoms with van der Waals surface area (Å²) in [7, 11) is 0. The highest BCUT2D eigenvalue weighted by molar-refractivity contribution is 6.42. The van der Waals surface area contributed by atoms with E-state index in [2.05, 4.69) is 0 Å². The lowest BCUT2D eigenvalue weighted by molar-refractivity contribution is -0.150. The van der Waals surface area contributed by atoms with Gasteiger partial charge in [-0.1, -0.05) is 29.3 Å². The highest BCUT2D eigenvalue weighted by atomic mass is 35.5. The molecule has 1 aliphatic rings. The van der Waals surface area contributed by atoms with Crippen LogP contribution in [0.15, 0.2) is 42.2 Å². The fourth-order valence-electron chi connectivity index (χ4n) is 2.51. The smallest absolute Gasteiger partial charge is 0.347 e. The number of carbonyl (C=O) groups excluding carboxylic acids is 2. The van der Waals surface area contributed by atoms with Crippen molar-refractivity contribution in [3.05, 3.63) is 63.3 Å². The number of ketones is 1. The predicted molar refractivity (Wildman–Crippen MR) is 103 cm³/mol. The number of allylic oxidation sites excluding steroid dienone is 1. The Balaban J connectivity index is 1.79. The monoisotopic (exact) mass is 406 g/mol. The molecule has 0 amide bonds. The average Bonchev–Trinajstić information content (AvgIpc) is 2.93. The second-order valence-electron chi connectivity index (χ2n) is 5.78. The first-order valence-corrected chi connectivity index (χ1v) is 9.01. The number of carbonyl (C=O) groups is 2. The predicted octanol–water partition coefficient (Wildman–Crippen LogP) is 4.94. The van der Waals surface area contributed by atoms with Crippen LogP contribution in [-0.2, 0) is 9.53 Å². The number of hydrogen-bond donors (Lipinski definition) is 0. The molecule has 0 saturated carbocycles. The summed E-state index contributed by atoms with van der Waals surface area (Å²) < 4.78 is 16.1. The van der Waals surface area contributed by atoms with Gasteiger partial charge in [-0.05, 0) is 49.8 Å². The van der Waals surface area contributed by atoms with E-state index < -0.39 is 12.1 Å². The van der Waals surface area contributed by atoms with Crippen LogP contribution in [0.25, 0.3) is 6.08 Å². The zero-order chi connectivity index (χ0) is 19.6. The van der Waals surface area contributed by atoms with Crippen molar-refractivity contribution in [2.24, 2.45) is 0 Å². The number of fused-ring (bicyclic) bond motifs is 1. The Morgan fingerprint density at radius 3 is 2.67 bits per heavy atom. The summed E-state index contributed by atoms with van der Waals surface area (Å²) in [5.41, 5.74) is 1.10. The molecular formula is C20H16Cl2O5. The SMILES string of the molecule is CCOC(=O)[C@@H](C)Oc1ccc2c(c1)O/C(=C\c1ccc(Cl)c(Cl)c1)C2=O. The zero-order valence-electron chi connectivity index (χ0n) is 14.6. The van der Waals surface area contributed by atoms with Crippen LogP contribution in [0.4, 0.5) is 0 Å². The van der Waals surface area contributed by atoms with E-state index in [9.17, 15) is 9.59 Å². The normalized spacial score (nSPS) is 15.3. The maximum absolute atomic E-state index is 12.5. The number of Topliss-reactive ketones (excluding diaryl/α,β-unsaturated/α-hetero) is 1. The molecule has 0 spiro atoms. The summed E-state index contributed by atoms with van der Waals surface area (Å²) in [4.78, 5) is 24.2. The lowest BCUT2D eigenvalue weighted by Crippen LogP contribution is -2.26. The Kier molecular flexibility index (Phi) is 5.73. The second kappa shape index (κ2) is 8.03. The van der Waals surface area contributed by atoms with Crippen LogP contribution in [0.1, 0.15) is 29.8 Å². The summed E-state index contributed by atoms with van der Waals surface area (Å²) in [5, 5.41) is 0.816. The largest absolute Gasteiger partial charge is 0.479 e. The molecule has 0 aromatic heterocycles. The van der Waals surface area contributed by atoms with Gasteiger partial charge in [0.15, 0.2) is 11.9 Å². The van der Waals surface area contributed by atoms with Gasteiger partial charge in [0.05, 0.1) is 22.2 Å². The summed E-state index contributed by atoms with van der Waals surface area (Å²) in [6.45, 7) is 3.59. The molecule has 0 aliphatic carbocycles. The molecule has 2 aromatic rings. The summed E-state index contributed by atoms with van der Waals surface area (Å²) >= 11 is 11.9. The van der Waals surface area contributed by atoms with Crippen molar-refractivity contribution in [3.63, 3.8) is 0 Å². The number of halogens is 2. The number of ether oxygens (including phenoxy) is 3. The first kappa shape index (κ1) is 19.3. The Hall–Kier alpha value is -2.50. The van der Waals surface area contributed by atoms with Crippen molar-refractivity contribution in [2.75, 3.05) is 6.61 Å². The molecule has 0 saturated heterocycles. The van der Waals surface area contributed by atoms with Gasteiger partial charge < -0.3 is 14.2 Å². The fraction of sp³-hybridized carbons (Fsp3) is 0.200. The van der Waals surface area contributed by atoms with Crippen LogP contribution in [0.2, 0.25) is 10.0 Å². The van der Waals surface area contributed by atoms with Crippen LogP contribution in [0.3, 0.4) is 0 Å². The van der Waals surface area contributed by atoms with Gasteiger partial charge in [0.1, 0.15) is 11.5 Å². The van der Waals surface area contributed by atoms with E-state index in [-0.39, 0.29) is 18.1 Å². The minimum Gasteiger partial charge on any atom is -0.479 e. The summed E-state index contributed by atoms with van der Waals surface area (Å²) in [6, 6.07) is 9.80. The lowest BCUT2D eigenvalue weighted by Gasteiger charge is -2.13. The number of benzene rings is 2. The number of esters is 1. The molecule has 27 heavy (non-hydrogen) atoms. The van der Waals surface area contributed by atoms with E-state index in [0.717, 1.165) is 0 Å². The standard InChI is InChI=1S/C20H16Cl2O5/c1-3-25-20(24)11(2)26-13-5-6-14-17(10-13)27-18(19(14)23)9-12-4-7-15(21)16(22)8-12/h4-11H,3H2,1-2H3/b18-9-/t11-/m1/s1. The van der Waals surface area contributed by atoms with Gasteiger partial charge >= 0.3 is 5.97 Å². The lowest BCUT2D eigenvalue weighted by atomic mass is 10.1. The van der Waals surface area contributed by atoms with Gasteiger partial charge in [0, 0.05) is 6.07 Å². The van der Waals surface area contributed by atoms with E-state index in [1.807, 2.05) is 0 Å². The van der Waals surface area contributed by atoms with Gasteiger partial charge in [-0.25, -0.2) is 4.79 Å². The molecule has 3 rings (SSSR count). The molecule has 140 valence electrons. The third kappa shape index (κ3) is 4.26. The molecule has 5 nitrogen and oxygen atoms in total. The Morgan fingerprint density at radius 1 is 1.19 bits per heavy atom. The van der Waals surface area contributed by atoms with Crippen LogP contribution in [0, 0.1) is 0 Å². The highest BCUT2D eigenvalue weighted by Gasteiger charge is 2.28. The van der Waals surface area contributed by atoms with Gasteiger partial charge in [0.25, 0.3) is 0 Å². The van der Waals surface area contributed by atoms with Crippen LogP contribution in [0.5, 0.6) is 11.5 Å². The van der Waals surface area contributed by atoms with E-state index in [1.54, 1.807) is 56.3 Å². The molecule has 0 fully saturated rings. The maximum atomic E-state index is 12.5. The molecular weight excluding hydrogens is 391 g/mol. The van der Waals surface area contributed by atoms with Gasteiger partial charge in [0.2, 0.25) is 5.78 Å². The first-order chi connectivity index (χ1) is 12.9. The molecule has 0 radical (unpaired) electrons. The van der Waals surface area contributed by atoms with E-state index in [4.69, 9.17) is 37.4 Å². The number of hydrogen-bond acceptors (Lipinski definition) is 5. The number of rotatable bonds is 5. The van der Waals surface area contributed by atoms with Crippen LogP contribution >= 0.6 is 23.2 Å². The van der Waals surface area contributed by atoms with Crippen molar-refractivity contribution < 1.29 is 23.8 Å². The molecule has 1 aliphatic heterocycles. The quantitative estimate of drug-likeness (QED) is 0.519. The minimum atomic E-state index is -0.772. The van der Waals surface area contributed by atoms with E-state index >= 15 is 0 Å². The molecule has 7 heteroatoms. The second-order valence-corrected chi connectivity index (χ2v) is 6.60. The van der Waals surface area contributed by atoms with Crippen molar-refractivity contribution in [1.82, 2.24) is 0 Å². The first-order valence-electron chi connectivity index (χ1n) is 8.25. The molecule has 0 unspecified atom stereocenters. The molecule has 0 N–H and O–H groups in total. The van der Waals surface area contributed by atoms with Gasteiger partial charge in [-0.3, -0.25) is 4.79 Å². The summed E-state index contributed by atoms with van der Waals surface area (Å²) in [5.74, 6) is 0.216. The summed E-state index contributed by atoms with van der Waals surface area (Å²) in [6.07, 6.45) is 0.818. The third-order valence-electron chi connectivity index (χ3n) is 3.81. The van der Waals surface area contributed by atoms with Crippen molar-refractivity contribution >= 4 is 41.0 Å². The van der Waals surface area contributed by atoms with E-state index in [0.29, 0.717) is 32.7 Å². The topological polar surface area (TPSA) is 61.8 Å².